The fourth-order valence-corrected chi connectivity index (χ4v) is 2.06. The Hall–Kier alpha value is -2.83. The highest BCUT2D eigenvalue weighted by molar-refractivity contribution is 6.01. The molecule has 0 bridgehead atoms. The van der Waals surface area contributed by atoms with Crippen molar-refractivity contribution in [3.05, 3.63) is 41.9 Å². The van der Waals surface area contributed by atoms with E-state index in [0.717, 1.165) is 11.3 Å². The third-order valence-electron chi connectivity index (χ3n) is 3.02. The van der Waals surface area contributed by atoms with Gasteiger partial charge >= 0.3 is 5.97 Å². The van der Waals surface area contributed by atoms with Crippen LogP contribution in [0.25, 0.3) is 10.9 Å². The number of aryl methyl sites for hydroxylation is 1. The molecule has 0 fully saturated rings. The van der Waals surface area contributed by atoms with Gasteiger partial charge in [-0.15, -0.1) is 0 Å². The van der Waals surface area contributed by atoms with Crippen molar-refractivity contribution in [1.29, 1.82) is 0 Å². The van der Waals surface area contributed by atoms with Crippen LogP contribution in [0.5, 0.6) is 0 Å². The van der Waals surface area contributed by atoms with E-state index in [2.05, 4.69) is 20.6 Å². The molecule has 2 aromatic heterocycles. The molecule has 20 heavy (non-hydrogen) atoms. The van der Waals surface area contributed by atoms with Gasteiger partial charge in [0, 0.05) is 36.4 Å². The molecule has 102 valence electrons. The van der Waals surface area contributed by atoms with Gasteiger partial charge in [0.15, 0.2) is 5.69 Å². The van der Waals surface area contributed by atoms with E-state index in [4.69, 9.17) is 5.11 Å². The molecule has 7 heteroatoms. The Bertz CT molecular complexity index is 774. The van der Waals surface area contributed by atoms with Gasteiger partial charge in [0.05, 0.1) is 11.7 Å². The standard InChI is InChI=1S/C13H13N5O2/c1-18-7-8(6-15-18)5-14-9-2-3-10-11(4-9)16-17-12(10)13(19)20/h2-4,6-7,14H,5H2,1H3,(H,16,17)(H,19,20). The molecular weight excluding hydrogens is 258 g/mol. The fraction of sp³-hybridized carbons (Fsp3) is 0.154. The number of nitrogens with one attached hydrogen (secondary N) is 2. The number of carboxylic acids is 1. The molecule has 0 unspecified atom stereocenters. The van der Waals surface area contributed by atoms with Crippen LogP contribution in [0.15, 0.2) is 30.6 Å². The number of hydrogen-bond donors (Lipinski definition) is 3. The summed E-state index contributed by atoms with van der Waals surface area (Å²) in [6.45, 7) is 0.652. The van der Waals surface area contributed by atoms with Crippen molar-refractivity contribution in [3.63, 3.8) is 0 Å². The quantitative estimate of drug-likeness (QED) is 0.670. The molecule has 3 aromatic rings. The van der Waals surface area contributed by atoms with Gasteiger partial charge in [-0.25, -0.2) is 4.79 Å². The van der Waals surface area contributed by atoms with Crippen molar-refractivity contribution in [2.24, 2.45) is 7.05 Å². The monoisotopic (exact) mass is 271 g/mol. The molecule has 3 rings (SSSR count). The highest BCUT2D eigenvalue weighted by atomic mass is 16.4. The van der Waals surface area contributed by atoms with Gasteiger partial charge < -0.3 is 10.4 Å². The molecule has 0 saturated heterocycles. The summed E-state index contributed by atoms with van der Waals surface area (Å²) in [7, 11) is 1.87. The Morgan fingerprint density at radius 3 is 3.05 bits per heavy atom. The van der Waals surface area contributed by atoms with Crippen molar-refractivity contribution >= 4 is 22.6 Å². The van der Waals surface area contributed by atoms with Crippen LogP contribution in [0.2, 0.25) is 0 Å². The van der Waals surface area contributed by atoms with Crippen LogP contribution in [-0.4, -0.2) is 31.1 Å². The summed E-state index contributed by atoms with van der Waals surface area (Å²) in [4.78, 5) is 11.0. The lowest BCUT2D eigenvalue weighted by Gasteiger charge is -2.04. The molecule has 3 N–H and O–H groups in total. The maximum atomic E-state index is 11.0. The number of aromatic amines is 1. The van der Waals surface area contributed by atoms with E-state index in [1.807, 2.05) is 25.4 Å². The zero-order chi connectivity index (χ0) is 14.1. The van der Waals surface area contributed by atoms with Crippen LogP contribution in [0.1, 0.15) is 16.1 Å². The maximum absolute atomic E-state index is 11.0. The molecule has 0 aliphatic heterocycles. The minimum atomic E-state index is -1.03. The predicted molar refractivity (Wildman–Crippen MR) is 73.6 cm³/mol. The van der Waals surface area contributed by atoms with Crippen LogP contribution in [0, 0.1) is 0 Å². The van der Waals surface area contributed by atoms with E-state index in [-0.39, 0.29) is 5.69 Å². The molecule has 0 atom stereocenters. The molecule has 0 amide bonds. The number of rotatable bonds is 4. The SMILES string of the molecule is Cn1cc(CNc2ccc3c(C(=O)O)n[nH]c3c2)cn1. The van der Waals surface area contributed by atoms with Crippen LogP contribution < -0.4 is 5.32 Å². The first-order valence-corrected chi connectivity index (χ1v) is 6.06. The summed E-state index contributed by atoms with van der Waals surface area (Å²) in [6.07, 6.45) is 3.73. The van der Waals surface area contributed by atoms with E-state index in [0.29, 0.717) is 17.4 Å². The highest BCUT2D eigenvalue weighted by Gasteiger charge is 2.12. The fourth-order valence-electron chi connectivity index (χ4n) is 2.06. The molecular formula is C13H13N5O2. The minimum Gasteiger partial charge on any atom is -0.476 e. The molecule has 0 aliphatic carbocycles. The third-order valence-corrected chi connectivity index (χ3v) is 3.02. The molecule has 0 aliphatic rings. The maximum Gasteiger partial charge on any atom is 0.357 e. The Morgan fingerprint density at radius 1 is 1.50 bits per heavy atom. The molecule has 0 spiro atoms. The van der Waals surface area contributed by atoms with Gasteiger partial charge in [-0.1, -0.05) is 0 Å². The lowest BCUT2D eigenvalue weighted by Crippen LogP contribution is -1.98. The normalized spacial score (nSPS) is 10.8. The molecule has 0 radical (unpaired) electrons. The van der Waals surface area contributed by atoms with Crippen molar-refractivity contribution in [2.75, 3.05) is 5.32 Å². The zero-order valence-electron chi connectivity index (χ0n) is 10.8. The van der Waals surface area contributed by atoms with E-state index < -0.39 is 5.97 Å². The Morgan fingerprint density at radius 2 is 2.35 bits per heavy atom. The van der Waals surface area contributed by atoms with Crippen molar-refractivity contribution in [3.8, 4) is 0 Å². The molecule has 0 saturated carbocycles. The number of aromatic nitrogens is 4. The second kappa shape index (κ2) is 4.69. The average molecular weight is 271 g/mol. The molecule has 1 aromatic carbocycles. The minimum absolute atomic E-state index is 0.0406. The number of anilines is 1. The predicted octanol–water partition coefficient (Wildman–Crippen LogP) is 1.61. The van der Waals surface area contributed by atoms with Gasteiger partial charge in [-0.3, -0.25) is 9.78 Å². The number of carbonyl (C=O) groups is 1. The summed E-state index contributed by atoms with van der Waals surface area (Å²) in [5.41, 5.74) is 2.70. The number of fused-ring (bicyclic) bond motifs is 1. The van der Waals surface area contributed by atoms with Gasteiger partial charge in [0.25, 0.3) is 0 Å². The van der Waals surface area contributed by atoms with Gasteiger partial charge in [-0.05, 0) is 18.2 Å². The summed E-state index contributed by atoms with van der Waals surface area (Å²) >= 11 is 0. The van der Waals surface area contributed by atoms with Crippen LogP contribution in [0.3, 0.4) is 0 Å². The van der Waals surface area contributed by atoms with Crippen molar-refractivity contribution in [1.82, 2.24) is 20.0 Å². The van der Waals surface area contributed by atoms with Gasteiger partial charge in [-0.2, -0.15) is 10.2 Å². The van der Waals surface area contributed by atoms with E-state index in [1.165, 1.54) is 0 Å². The van der Waals surface area contributed by atoms with Crippen molar-refractivity contribution in [2.45, 2.75) is 6.54 Å². The van der Waals surface area contributed by atoms with Crippen LogP contribution >= 0.6 is 0 Å². The smallest absolute Gasteiger partial charge is 0.357 e. The zero-order valence-corrected chi connectivity index (χ0v) is 10.8. The molecule has 2 heterocycles. The summed E-state index contributed by atoms with van der Waals surface area (Å²) in [6, 6.07) is 5.42. The van der Waals surface area contributed by atoms with Gasteiger partial charge in [0.1, 0.15) is 0 Å². The number of aromatic carboxylic acids is 1. The summed E-state index contributed by atoms with van der Waals surface area (Å²) < 4.78 is 1.74. The third kappa shape index (κ3) is 2.20. The average Bonchev–Trinajstić information content (AvgIpc) is 3.01. The first-order chi connectivity index (χ1) is 9.63. The first kappa shape index (κ1) is 12.2. The topological polar surface area (TPSA) is 95.8 Å². The number of nitrogens with zero attached hydrogens (tertiary/aromatic N) is 3. The second-order valence-electron chi connectivity index (χ2n) is 4.51. The van der Waals surface area contributed by atoms with E-state index >= 15 is 0 Å². The highest BCUT2D eigenvalue weighted by Crippen LogP contribution is 2.20. The summed E-state index contributed by atoms with van der Waals surface area (Å²) in [5, 5.41) is 23.5. The van der Waals surface area contributed by atoms with Crippen LogP contribution in [-0.2, 0) is 13.6 Å². The Balaban J connectivity index is 1.81. The lowest BCUT2D eigenvalue weighted by atomic mass is 10.2. The van der Waals surface area contributed by atoms with Crippen LogP contribution in [0.4, 0.5) is 5.69 Å². The number of H-pyrrole nitrogens is 1. The number of hydrogen-bond acceptors (Lipinski definition) is 4. The number of benzene rings is 1. The Kier molecular flexibility index (Phi) is 2.86. The van der Waals surface area contributed by atoms with E-state index in [9.17, 15) is 4.79 Å². The Labute approximate surface area is 114 Å². The van der Waals surface area contributed by atoms with Crippen molar-refractivity contribution < 1.29 is 9.90 Å². The summed E-state index contributed by atoms with van der Waals surface area (Å²) in [5.74, 6) is -1.03. The molecule has 7 nitrogen and oxygen atoms in total. The van der Waals surface area contributed by atoms with E-state index in [1.54, 1.807) is 16.9 Å². The second-order valence-corrected chi connectivity index (χ2v) is 4.51. The first-order valence-electron chi connectivity index (χ1n) is 6.06. The van der Waals surface area contributed by atoms with Gasteiger partial charge in [0.2, 0.25) is 0 Å². The lowest BCUT2D eigenvalue weighted by molar-refractivity contribution is 0.0692. The largest absolute Gasteiger partial charge is 0.476 e. The number of carboxylic acid groups (broad SMARTS) is 1.